The maximum absolute atomic E-state index is 13.0. The Balaban J connectivity index is 1.61. The molecule has 9 nitrogen and oxygen atoms in total. The van der Waals surface area contributed by atoms with Gasteiger partial charge in [0.1, 0.15) is 11.5 Å². The smallest absolute Gasteiger partial charge is 0.360 e. The lowest BCUT2D eigenvalue weighted by molar-refractivity contribution is -0.404. The van der Waals surface area contributed by atoms with Crippen LogP contribution in [0.15, 0.2) is 54.6 Å². The number of hydrogen-bond donors (Lipinski definition) is 1. The van der Waals surface area contributed by atoms with Crippen molar-refractivity contribution in [2.75, 3.05) is 6.54 Å². The number of benzene rings is 1. The standard InChI is InChI=1S/C25H27ClF3N7O2/c1-3-20(18-8-11-22(30-13-18)25(27,28)29)31-23(15-36(37)38)34-12-4-5-21(34)24-33-32-16(2)35(24)14-17-6-9-19(26)10-7-17/h6-11,13,15,20-21,31H,3-5,12,14H2,1-2H3/b23-15-/t20-,21+/m0/s1. The number of nitrogens with zero attached hydrogens (tertiary/aromatic N) is 6. The normalized spacial score (nSPS) is 17.1. The second kappa shape index (κ2) is 11.4. The number of halogens is 4. The maximum Gasteiger partial charge on any atom is 0.433 e. The van der Waals surface area contributed by atoms with E-state index in [1.165, 1.54) is 6.07 Å². The van der Waals surface area contributed by atoms with Crippen molar-refractivity contribution in [1.29, 1.82) is 0 Å². The second-order valence-electron chi connectivity index (χ2n) is 9.05. The van der Waals surface area contributed by atoms with Crippen molar-refractivity contribution in [2.24, 2.45) is 0 Å². The SMILES string of the molecule is CC[C@H](N/C(=C/[N+](=O)[O-])N1CCC[C@@H]1c1nnc(C)n1Cc1ccc(Cl)cc1)c1ccc(C(F)(F)F)nc1. The summed E-state index contributed by atoms with van der Waals surface area (Å²) in [6, 6.07) is 8.92. The van der Waals surface area contributed by atoms with Crippen molar-refractivity contribution in [1.82, 2.24) is 30.0 Å². The zero-order valence-electron chi connectivity index (χ0n) is 20.8. The van der Waals surface area contributed by atoms with Gasteiger partial charge < -0.3 is 14.8 Å². The summed E-state index contributed by atoms with van der Waals surface area (Å²) in [5.41, 5.74) is 0.502. The quantitative estimate of drug-likeness (QED) is 0.271. The summed E-state index contributed by atoms with van der Waals surface area (Å²) in [6.07, 6.45) is -0.562. The maximum atomic E-state index is 13.0. The molecule has 1 aliphatic heterocycles. The molecule has 13 heteroatoms. The third-order valence-corrected chi connectivity index (χ3v) is 6.77. The number of nitro groups is 1. The molecular weight excluding hydrogens is 523 g/mol. The molecule has 3 heterocycles. The van der Waals surface area contributed by atoms with Crippen LogP contribution < -0.4 is 5.32 Å². The Hall–Kier alpha value is -3.67. The average Bonchev–Trinajstić information content (AvgIpc) is 3.49. The minimum absolute atomic E-state index is 0.253. The highest BCUT2D eigenvalue weighted by atomic mass is 35.5. The molecule has 202 valence electrons. The van der Waals surface area contributed by atoms with Gasteiger partial charge in [0, 0.05) is 17.8 Å². The van der Waals surface area contributed by atoms with E-state index < -0.39 is 22.8 Å². The van der Waals surface area contributed by atoms with Gasteiger partial charge in [-0.25, -0.2) is 0 Å². The van der Waals surface area contributed by atoms with Gasteiger partial charge in [0.2, 0.25) is 0 Å². The summed E-state index contributed by atoms with van der Waals surface area (Å²) in [7, 11) is 0. The Morgan fingerprint density at radius 1 is 1.26 bits per heavy atom. The van der Waals surface area contributed by atoms with E-state index in [4.69, 9.17) is 11.6 Å². The summed E-state index contributed by atoms with van der Waals surface area (Å²) >= 11 is 6.02. The molecule has 0 unspecified atom stereocenters. The van der Waals surface area contributed by atoms with Gasteiger partial charge in [0.05, 0.1) is 23.6 Å². The molecule has 1 fully saturated rings. The molecule has 0 saturated carbocycles. The monoisotopic (exact) mass is 549 g/mol. The fraction of sp³-hybridized carbons (Fsp3) is 0.400. The highest BCUT2D eigenvalue weighted by Crippen LogP contribution is 2.35. The van der Waals surface area contributed by atoms with E-state index in [9.17, 15) is 23.3 Å². The van der Waals surface area contributed by atoms with Crippen molar-refractivity contribution in [3.05, 3.63) is 98.2 Å². The number of aromatic nitrogens is 4. The van der Waals surface area contributed by atoms with Gasteiger partial charge in [-0.15, -0.1) is 10.2 Å². The largest absolute Gasteiger partial charge is 0.433 e. The number of hydrogen-bond acceptors (Lipinski definition) is 7. The molecule has 0 amide bonds. The van der Waals surface area contributed by atoms with Crippen molar-refractivity contribution < 1.29 is 18.1 Å². The van der Waals surface area contributed by atoms with E-state index in [0.717, 1.165) is 30.4 Å². The third-order valence-electron chi connectivity index (χ3n) is 6.52. The summed E-state index contributed by atoms with van der Waals surface area (Å²) in [5, 5.41) is 24.1. The fourth-order valence-electron chi connectivity index (χ4n) is 4.61. The van der Waals surface area contributed by atoms with Crippen molar-refractivity contribution in [3.63, 3.8) is 0 Å². The zero-order chi connectivity index (χ0) is 27.4. The molecule has 4 rings (SSSR count). The molecule has 1 saturated heterocycles. The lowest BCUT2D eigenvalue weighted by atomic mass is 10.1. The number of pyridine rings is 1. The van der Waals surface area contributed by atoms with Crippen LogP contribution >= 0.6 is 11.6 Å². The minimum atomic E-state index is -4.55. The first kappa shape index (κ1) is 27.4. The molecule has 2 atom stereocenters. The van der Waals surface area contributed by atoms with Crippen LogP contribution in [0.25, 0.3) is 0 Å². The molecule has 1 N–H and O–H groups in total. The van der Waals surface area contributed by atoms with Crippen molar-refractivity contribution >= 4 is 11.6 Å². The lowest BCUT2D eigenvalue weighted by Gasteiger charge is -2.30. The first-order chi connectivity index (χ1) is 18.1. The van der Waals surface area contributed by atoms with Crippen LogP contribution in [0.2, 0.25) is 5.02 Å². The number of rotatable bonds is 9. The third kappa shape index (κ3) is 6.24. The van der Waals surface area contributed by atoms with Crippen LogP contribution in [0.3, 0.4) is 0 Å². The van der Waals surface area contributed by atoms with Gasteiger partial charge in [-0.1, -0.05) is 36.7 Å². The number of alkyl halides is 3. The predicted octanol–water partition coefficient (Wildman–Crippen LogP) is 5.66. The van der Waals surface area contributed by atoms with Crippen molar-refractivity contribution in [3.8, 4) is 0 Å². The molecule has 3 aromatic rings. The molecule has 0 aliphatic carbocycles. The summed E-state index contributed by atoms with van der Waals surface area (Å²) in [4.78, 5) is 16.5. The molecule has 2 aromatic heterocycles. The van der Waals surface area contributed by atoms with Crippen LogP contribution in [0.5, 0.6) is 0 Å². The molecule has 0 radical (unpaired) electrons. The summed E-state index contributed by atoms with van der Waals surface area (Å²) < 4.78 is 40.9. The molecule has 0 spiro atoms. The van der Waals surface area contributed by atoms with Gasteiger partial charge in [0.25, 0.3) is 6.20 Å². The molecule has 1 aliphatic rings. The molecule has 38 heavy (non-hydrogen) atoms. The lowest BCUT2D eigenvalue weighted by Crippen LogP contribution is -2.35. The summed E-state index contributed by atoms with van der Waals surface area (Å²) in [6.45, 7) is 4.73. The highest BCUT2D eigenvalue weighted by Gasteiger charge is 2.35. The predicted molar refractivity (Wildman–Crippen MR) is 134 cm³/mol. The first-order valence-electron chi connectivity index (χ1n) is 12.1. The van der Waals surface area contributed by atoms with Crippen LogP contribution in [-0.4, -0.2) is 36.1 Å². The molecule has 1 aromatic carbocycles. The van der Waals surface area contributed by atoms with Crippen LogP contribution in [-0.2, 0) is 12.7 Å². The number of nitrogens with one attached hydrogen (secondary N) is 1. The summed E-state index contributed by atoms with van der Waals surface area (Å²) in [5.74, 6) is 1.63. The Morgan fingerprint density at radius 3 is 2.61 bits per heavy atom. The van der Waals surface area contributed by atoms with Crippen LogP contribution in [0.4, 0.5) is 13.2 Å². The Kier molecular flexibility index (Phi) is 8.20. The molecular formula is C25H27ClF3N7O2. The second-order valence-corrected chi connectivity index (χ2v) is 9.49. The zero-order valence-corrected chi connectivity index (χ0v) is 21.6. The fourth-order valence-corrected chi connectivity index (χ4v) is 4.73. The van der Waals surface area contributed by atoms with Crippen molar-refractivity contribution in [2.45, 2.75) is 57.9 Å². The molecule has 0 bridgehead atoms. The van der Waals surface area contributed by atoms with Crippen LogP contribution in [0, 0.1) is 17.0 Å². The van der Waals surface area contributed by atoms with Crippen LogP contribution in [0.1, 0.15) is 66.7 Å². The van der Waals surface area contributed by atoms with Gasteiger partial charge in [-0.3, -0.25) is 15.1 Å². The Labute approximate surface area is 222 Å². The highest BCUT2D eigenvalue weighted by molar-refractivity contribution is 6.30. The van der Waals surface area contributed by atoms with E-state index in [0.29, 0.717) is 48.2 Å². The Bertz CT molecular complexity index is 1290. The van der Waals surface area contributed by atoms with Gasteiger partial charge in [-0.05, 0) is 55.5 Å². The van der Waals surface area contributed by atoms with E-state index in [1.54, 1.807) is 12.1 Å². The Morgan fingerprint density at radius 2 is 2.00 bits per heavy atom. The van der Waals surface area contributed by atoms with E-state index in [1.807, 2.05) is 35.4 Å². The van der Waals surface area contributed by atoms with E-state index >= 15 is 0 Å². The van der Waals surface area contributed by atoms with E-state index in [2.05, 4.69) is 20.5 Å². The number of likely N-dealkylation sites (tertiary alicyclic amines) is 1. The minimum Gasteiger partial charge on any atom is -0.360 e. The first-order valence-corrected chi connectivity index (χ1v) is 12.5. The van der Waals surface area contributed by atoms with Gasteiger partial charge in [0.15, 0.2) is 11.6 Å². The van der Waals surface area contributed by atoms with Gasteiger partial charge >= 0.3 is 6.18 Å². The van der Waals surface area contributed by atoms with E-state index in [-0.39, 0.29) is 11.9 Å². The average molecular weight is 550 g/mol. The topological polar surface area (TPSA) is 102 Å². The van der Waals surface area contributed by atoms with Gasteiger partial charge in [-0.2, -0.15) is 13.2 Å². The number of aryl methyl sites for hydroxylation is 1.